The maximum Gasteiger partial charge on any atom is 0.309 e. The van der Waals surface area contributed by atoms with Crippen LogP contribution in [0, 0.1) is 28.1 Å². The molecule has 0 spiro atoms. The van der Waals surface area contributed by atoms with Gasteiger partial charge in [0.15, 0.2) is 0 Å². The van der Waals surface area contributed by atoms with Crippen molar-refractivity contribution in [1.29, 1.82) is 0 Å². The standard InChI is InChI=1S/C20H30O2/c1-5-18(2)11-6-8-15-14(18)9-10-16-19(15,3)12-7-13-20(16,4)17(21)22/h5,8,14,16H,1,6-7,9-13H2,2-4H3,(H,21,22)/t14?,16?,18-,19?,20?/m0/s1. The average molecular weight is 302 g/mol. The molecule has 0 aromatic carbocycles. The van der Waals surface area contributed by atoms with Crippen molar-refractivity contribution in [1.82, 2.24) is 0 Å². The van der Waals surface area contributed by atoms with Crippen LogP contribution in [0.2, 0.25) is 0 Å². The first-order chi connectivity index (χ1) is 10.3. The summed E-state index contributed by atoms with van der Waals surface area (Å²) in [5.74, 6) is 0.252. The van der Waals surface area contributed by atoms with Crippen LogP contribution in [0.5, 0.6) is 0 Å². The second-order valence-electron chi connectivity index (χ2n) is 8.58. The molecule has 2 heteroatoms. The van der Waals surface area contributed by atoms with Gasteiger partial charge in [-0.25, -0.2) is 0 Å². The maximum absolute atomic E-state index is 12.0. The van der Waals surface area contributed by atoms with Crippen LogP contribution in [0.4, 0.5) is 0 Å². The summed E-state index contributed by atoms with van der Waals surface area (Å²) >= 11 is 0. The van der Waals surface area contributed by atoms with Gasteiger partial charge in [0.05, 0.1) is 5.41 Å². The molecule has 4 unspecified atom stereocenters. The first kappa shape index (κ1) is 15.8. The molecule has 22 heavy (non-hydrogen) atoms. The van der Waals surface area contributed by atoms with E-state index in [1.807, 2.05) is 6.92 Å². The van der Waals surface area contributed by atoms with E-state index in [1.54, 1.807) is 5.57 Å². The largest absolute Gasteiger partial charge is 0.481 e. The van der Waals surface area contributed by atoms with Crippen molar-refractivity contribution in [2.24, 2.45) is 28.1 Å². The van der Waals surface area contributed by atoms with E-state index in [9.17, 15) is 9.90 Å². The Hall–Kier alpha value is -1.05. The van der Waals surface area contributed by atoms with Crippen LogP contribution in [-0.4, -0.2) is 11.1 Å². The van der Waals surface area contributed by atoms with Crippen LogP contribution in [0.1, 0.15) is 65.7 Å². The molecule has 2 nitrogen and oxygen atoms in total. The molecule has 2 fully saturated rings. The van der Waals surface area contributed by atoms with Gasteiger partial charge in [-0.05, 0) is 68.1 Å². The molecular weight excluding hydrogens is 272 g/mol. The van der Waals surface area contributed by atoms with Gasteiger partial charge >= 0.3 is 5.97 Å². The Balaban J connectivity index is 2.04. The molecule has 0 heterocycles. The van der Waals surface area contributed by atoms with Gasteiger partial charge in [0.25, 0.3) is 0 Å². The highest BCUT2D eigenvalue weighted by molar-refractivity contribution is 5.75. The lowest BCUT2D eigenvalue weighted by atomic mass is 9.44. The monoisotopic (exact) mass is 302 g/mol. The Morgan fingerprint density at radius 3 is 2.64 bits per heavy atom. The third-order valence-electron chi connectivity index (χ3n) is 7.51. The second kappa shape index (κ2) is 4.97. The molecule has 2 saturated carbocycles. The number of carboxylic acid groups (broad SMARTS) is 1. The number of rotatable bonds is 2. The third-order valence-corrected chi connectivity index (χ3v) is 7.51. The quantitative estimate of drug-likeness (QED) is 0.711. The molecule has 1 N–H and O–H groups in total. The fourth-order valence-corrected chi connectivity index (χ4v) is 6.02. The summed E-state index contributed by atoms with van der Waals surface area (Å²) in [6, 6.07) is 0. The van der Waals surface area contributed by atoms with Gasteiger partial charge in [-0.2, -0.15) is 0 Å². The number of hydrogen-bond donors (Lipinski definition) is 1. The van der Waals surface area contributed by atoms with Gasteiger partial charge in [-0.1, -0.05) is 38.0 Å². The molecule has 5 atom stereocenters. The normalized spacial score (nSPS) is 47.9. The molecular formula is C20H30O2. The van der Waals surface area contributed by atoms with Crippen molar-refractivity contribution in [3.8, 4) is 0 Å². The van der Waals surface area contributed by atoms with E-state index in [4.69, 9.17) is 0 Å². The number of carbonyl (C=O) groups is 1. The Kier molecular flexibility index (Phi) is 3.58. The van der Waals surface area contributed by atoms with E-state index >= 15 is 0 Å². The van der Waals surface area contributed by atoms with Crippen LogP contribution in [0.15, 0.2) is 24.3 Å². The van der Waals surface area contributed by atoms with Crippen molar-refractivity contribution in [3.05, 3.63) is 24.3 Å². The fraction of sp³-hybridized carbons (Fsp3) is 0.750. The molecule has 0 radical (unpaired) electrons. The van der Waals surface area contributed by atoms with Crippen LogP contribution < -0.4 is 0 Å². The van der Waals surface area contributed by atoms with Gasteiger partial charge in [0, 0.05) is 0 Å². The highest BCUT2D eigenvalue weighted by atomic mass is 16.4. The van der Waals surface area contributed by atoms with Crippen LogP contribution in [-0.2, 0) is 4.79 Å². The first-order valence-electron chi connectivity index (χ1n) is 8.85. The Bertz CT molecular complexity index is 534. The smallest absolute Gasteiger partial charge is 0.309 e. The molecule has 0 aromatic heterocycles. The SMILES string of the molecule is C=C[C@@]1(C)CCC=C2C1CCC1C(C)(C(=O)O)CCCC21C. The summed E-state index contributed by atoms with van der Waals surface area (Å²) in [4.78, 5) is 12.0. The number of fused-ring (bicyclic) bond motifs is 3. The van der Waals surface area contributed by atoms with Gasteiger partial charge < -0.3 is 5.11 Å². The highest BCUT2D eigenvalue weighted by Crippen LogP contribution is 2.65. The number of aliphatic carboxylic acids is 1. The lowest BCUT2D eigenvalue weighted by Crippen LogP contribution is -2.54. The highest BCUT2D eigenvalue weighted by Gasteiger charge is 2.58. The first-order valence-corrected chi connectivity index (χ1v) is 8.85. The van der Waals surface area contributed by atoms with E-state index in [1.165, 1.54) is 6.42 Å². The molecule has 0 saturated heterocycles. The van der Waals surface area contributed by atoms with Crippen LogP contribution in [0.3, 0.4) is 0 Å². The summed E-state index contributed by atoms with van der Waals surface area (Å²) < 4.78 is 0. The van der Waals surface area contributed by atoms with Crippen molar-refractivity contribution < 1.29 is 9.90 Å². The molecule has 0 aromatic rings. The summed E-state index contributed by atoms with van der Waals surface area (Å²) in [7, 11) is 0. The average Bonchev–Trinajstić information content (AvgIpc) is 2.47. The summed E-state index contributed by atoms with van der Waals surface area (Å²) in [6.45, 7) is 10.8. The zero-order valence-electron chi connectivity index (χ0n) is 14.3. The van der Waals surface area contributed by atoms with Gasteiger partial charge in [-0.15, -0.1) is 6.58 Å². The van der Waals surface area contributed by atoms with Crippen molar-refractivity contribution in [2.75, 3.05) is 0 Å². The molecule has 3 aliphatic rings. The van der Waals surface area contributed by atoms with E-state index in [2.05, 4.69) is 32.6 Å². The lowest BCUT2D eigenvalue weighted by Gasteiger charge is -2.59. The van der Waals surface area contributed by atoms with E-state index in [0.717, 1.165) is 38.5 Å². The second-order valence-corrected chi connectivity index (χ2v) is 8.58. The van der Waals surface area contributed by atoms with Crippen molar-refractivity contribution in [2.45, 2.75) is 65.7 Å². The Labute approximate surface area is 134 Å². The zero-order valence-corrected chi connectivity index (χ0v) is 14.3. The van der Waals surface area contributed by atoms with Gasteiger partial charge in [-0.3, -0.25) is 4.79 Å². The zero-order chi connectivity index (χ0) is 16.2. The molecule has 3 rings (SSSR count). The molecule has 0 aliphatic heterocycles. The van der Waals surface area contributed by atoms with Crippen molar-refractivity contribution in [3.63, 3.8) is 0 Å². The summed E-state index contributed by atoms with van der Waals surface area (Å²) in [5.41, 5.74) is 1.26. The van der Waals surface area contributed by atoms with Crippen LogP contribution in [0.25, 0.3) is 0 Å². The topological polar surface area (TPSA) is 37.3 Å². The third kappa shape index (κ3) is 1.95. The van der Waals surface area contributed by atoms with Gasteiger partial charge in [0.2, 0.25) is 0 Å². The molecule has 122 valence electrons. The van der Waals surface area contributed by atoms with Crippen LogP contribution >= 0.6 is 0 Å². The molecule has 0 amide bonds. The Morgan fingerprint density at radius 2 is 2.00 bits per heavy atom. The molecule has 3 aliphatic carbocycles. The van der Waals surface area contributed by atoms with Gasteiger partial charge in [0.1, 0.15) is 0 Å². The minimum atomic E-state index is -0.593. The van der Waals surface area contributed by atoms with E-state index in [0.29, 0.717) is 5.92 Å². The summed E-state index contributed by atoms with van der Waals surface area (Å²) in [6.07, 6.45) is 12.1. The lowest BCUT2D eigenvalue weighted by molar-refractivity contribution is -0.160. The van der Waals surface area contributed by atoms with Crippen molar-refractivity contribution >= 4 is 5.97 Å². The van der Waals surface area contributed by atoms with E-state index < -0.39 is 11.4 Å². The van der Waals surface area contributed by atoms with E-state index in [-0.39, 0.29) is 16.7 Å². The predicted molar refractivity (Wildman–Crippen MR) is 89.5 cm³/mol. The molecule has 0 bridgehead atoms. The maximum atomic E-state index is 12.0. The fourth-order valence-electron chi connectivity index (χ4n) is 6.02. The Morgan fingerprint density at radius 1 is 1.27 bits per heavy atom. The predicted octanol–water partition coefficient (Wildman–Crippen LogP) is 5.21. The summed E-state index contributed by atoms with van der Waals surface area (Å²) in [5, 5.41) is 9.86. The minimum Gasteiger partial charge on any atom is -0.481 e. The number of allylic oxidation sites excluding steroid dienone is 3. The minimum absolute atomic E-state index is 0.0684. The number of hydrogen-bond acceptors (Lipinski definition) is 1. The number of carboxylic acids is 1.